The van der Waals surface area contributed by atoms with E-state index in [9.17, 15) is 0 Å². The number of halogens is 1. The summed E-state index contributed by atoms with van der Waals surface area (Å²) < 4.78 is 12.2. The van der Waals surface area contributed by atoms with Crippen molar-refractivity contribution in [3.63, 3.8) is 0 Å². The van der Waals surface area contributed by atoms with Crippen molar-refractivity contribution in [1.82, 2.24) is 0 Å². The molecule has 2 aromatic rings. The molecular formula is C14H16BrNO2S. The molecule has 1 aromatic carbocycles. The Morgan fingerprint density at radius 1 is 1.26 bits per heavy atom. The first-order chi connectivity index (χ1) is 9.22. The fourth-order valence-electron chi connectivity index (χ4n) is 1.75. The largest absolute Gasteiger partial charge is 0.497 e. The summed E-state index contributed by atoms with van der Waals surface area (Å²) in [6.45, 7) is 1.16. The Kier molecular flexibility index (Phi) is 5.24. The van der Waals surface area contributed by atoms with Crippen LogP contribution in [0.5, 0.6) is 11.5 Å². The number of nitrogens with two attached hydrogens (primary N) is 1. The molecule has 0 saturated carbocycles. The number of hydrogen-bond donors (Lipinski definition) is 1. The molecule has 102 valence electrons. The molecular weight excluding hydrogens is 326 g/mol. The normalized spacial score (nSPS) is 10.5. The minimum Gasteiger partial charge on any atom is -0.497 e. The summed E-state index contributed by atoms with van der Waals surface area (Å²) in [6, 6.07) is 9.90. The van der Waals surface area contributed by atoms with E-state index in [0.717, 1.165) is 27.3 Å². The van der Waals surface area contributed by atoms with E-state index in [1.165, 1.54) is 4.88 Å². The third kappa shape index (κ3) is 3.96. The average Bonchev–Trinajstić information content (AvgIpc) is 2.83. The zero-order valence-electron chi connectivity index (χ0n) is 10.7. The van der Waals surface area contributed by atoms with Crippen LogP contribution in [0.15, 0.2) is 34.1 Å². The van der Waals surface area contributed by atoms with Crippen molar-refractivity contribution in [1.29, 1.82) is 0 Å². The summed E-state index contributed by atoms with van der Waals surface area (Å²) in [4.78, 5) is 1.18. The number of methoxy groups -OCH3 is 1. The predicted molar refractivity (Wildman–Crippen MR) is 82.1 cm³/mol. The molecule has 5 heteroatoms. The summed E-state index contributed by atoms with van der Waals surface area (Å²) in [5.41, 5.74) is 6.71. The van der Waals surface area contributed by atoms with Gasteiger partial charge >= 0.3 is 0 Å². The van der Waals surface area contributed by atoms with Crippen LogP contribution < -0.4 is 15.2 Å². The topological polar surface area (TPSA) is 44.5 Å². The van der Waals surface area contributed by atoms with Crippen molar-refractivity contribution in [3.05, 3.63) is 44.6 Å². The minimum absolute atomic E-state index is 0.570. The second-order valence-corrected chi connectivity index (χ2v) is 6.55. The lowest BCUT2D eigenvalue weighted by Gasteiger charge is -2.11. The van der Waals surface area contributed by atoms with E-state index in [0.29, 0.717) is 13.2 Å². The van der Waals surface area contributed by atoms with E-state index in [1.807, 2.05) is 24.3 Å². The van der Waals surface area contributed by atoms with Crippen LogP contribution in [-0.4, -0.2) is 13.7 Å². The molecule has 0 radical (unpaired) electrons. The van der Waals surface area contributed by atoms with Gasteiger partial charge in [-0.25, -0.2) is 0 Å². The van der Waals surface area contributed by atoms with E-state index in [4.69, 9.17) is 15.2 Å². The Balaban J connectivity index is 2.10. The molecule has 1 heterocycles. The maximum atomic E-state index is 5.87. The quantitative estimate of drug-likeness (QED) is 0.872. The second kappa shape index (κ2) is 6.93. The zero-order chi connectivity index (χ0) is 13.7. The maximum Gasteiger partial charge on any atom is 0.123 e. The van der Waals surface area contributed by atoms with Gasteiger partial charge in [0.25, 0.3) is 0 Å². The molecule has 2 rings (SSSR count). The molecule has 0 saturated heterocycles. The van der Waals surface area contributed by atoms with Gasteiger partial charge in [0.05, 0.1) is 10.9 Å². The Labute approximate surface area is 125 Å². The zero-order valence-corrected chi connectivity index (χ0v) is 13.1. The van der Waals surface area contributed by atoms with Crippen LogP contribution >= 0.6 is 27.3 Å². The van der Waals surface area contributed by atoms with Gasteiger partial charge in [0.1, 0.15) is 18.1 Å². The molecule has 0 atom stereocenters. The second-order valence-electron chi connectivity index (χ2n) is 4.01. The van der Waals surface area contributed by atoms with Gasteiger partial charge < -0.3 is 15.2 Å². The highest BCUT2D eigenvalue weighted by atomic mass is 79.9. The minimum atomic E-state index is 0.570. The monoisotopic (exact) mass is 341 g/mol. The van der Waals surface area contributed by atoms with E-state index in [-0.39, 0.29) is 0 Å². The third-order valence-electron chi connectivity index (χ3n) is 2.68. The molecule has 2 N–H and O–H groups in total. The molecule has 0 aliphatic heterocycles. The fourth-order valence-corrected chi connectivity index (χ4v) is 3.15. The summed E-state index contributed by atoms with van der Waals surface area (Å²) in [7, 11) is 1.66. The molecule has 3 nitrogen and oxygen atoms in total. The first-order valence-corrected chi connectivity index (χ1v) is 7.58. The first-order valence-electron chi connectivity index (χ1n) is 5.97. The lowest BCUT2D eigenvalue weighted by Crippen LogP contribution is -2.05. The van der Waals surface area contributed by atoms with Crippen molar-refractivity contribution in [3.8, 4) is 11.5 Å². The SMILES string of the molecule is COc1ccc(OCc2ccc(Br)s2)c(CCN)c1. The molecule has 0 aliphatic rings. The molecule has 0 bridgehead atoms. The fraction of sp³-hybridized carbons (Fsp3) is 0.286. The highest BCUT2D eigenvalue weighted by molar-refractivity contribution is 9.11. The molecule has 0 aliphatic carbocycles. The van der Waals surface area contributed by atoms with Crippen LogP contribution in [-0.2, 0) is 13.0 Å². The lowest BCUT2D eigenvalue weighted by atomic mass is 10.1. The maximum absolute atomic E-state index is 5.87. The molecule has 0 fully saturated rings. The van der Waals surface area contributed by atoms with Crippen LogP contribution in [0.2, 0.25) is 0 Å². The number of thiophene rings is 1. The van der Waals surface area contributed by atoms with Crippen molar-refractivity contribution in [2.24, 2.45) is 5.73 Å². The van der Waals surface area contributed by atoms with E-state index >= 15 is 0 Å². The number of rotatable bonds is 6. The van der Waals surface area contributed by atoms with E-state index in [2.05, 4.69) is 22.0 Å². The molecule has 19 heavy (non-hydrogen) atoms. The standard InChI is InChI=1S/C14H16BrNO2S/c1-17-11-2-4-13(10(8-11)6-7-16)18-9-12-3-5-14(15)19-12/h2-5,8H,6-7,9,16H2,1H3. The van der Waals surface area contributed by atoms with Gasteiger partial charge in [0.2, 0.25) is 0 Å². The lowest BCUT2D eigenvalue weighted by molar-refractivity contribution is 0.305. The van der Waals surface area contributed by atoms with Gasteiger partial charge in [-0.05, 0) is 64.8 Å². The van der Waals surface area contributed by atoms with Gasteiger partial charge in [-0.1, -0.05) is 0 Å². The van der Waals surface area contributed by atoms with Crippen LogP contribution in [0.25, 0.3) is 0 Å². The molecule has 1 aromatic heterocycles. The molecule has 0 amide bonds. The number of ether oxygens (including phenoxy) is 2. The van der Waals surface area contributed by atoms with Crippen LogP contribution in [0.4, 0.5) is 0 Å². The Morgan fingerprint density at radius 2 is 2.11 bits per heavy atom. The highest BCUT2D eigenvalue weighted by Gasteiger charge is 2.06. The van der Waals surface area contributed by atoms with Crippen molar-refractivity contribution in [2.75, 3.05) is 13.7 Å². The smallest absolute Gasteiger partial charge is 0.123 e. The van der Waals surface area contributed by atoms with Gasteiger partial charge in [-0.3, -0.25) is 0 Å². The Bertz CT molecular complexity index is 542. The highest BCUT2D eigenvalue weighted by Crippen LogP contribution is 2.27. The molecule has 0 spiro atoms. The van der Waals surface area contributed by atoms with Crippen LogP contribution in [0.1, 0.15) is 10.4 Å². The van der Waals surface area contributed by atoms with Crippen molar-refractivity contribution >= 4 is 27.3 Å². The Hall–Kier alpha value is -1.04. The summed E-state index contributed by atoms with van der Waals surface area (Å²) in [6.07, 6.45) is 0.778. The van der Waals surface area contributed by atoms with E-state index in [1.54, 1.807) is 18.4 Å². The van der Waals surface area contributed by atoms with E-state index < -0.39 is 0 Å². The van der Waals surface area contributed by atoms with Crippen LogP contribution in [0, 0.1) is 0 Å². The average molecular weight is 342 g/mol. The van der Waals surface area contributed by atoms with Crippen molar-refractivity contribution in [2.45, 2.75) is 13.0 Å². The van der Waals surface area contributed by atoms with Crippen LogP contribution in [0.3, 0.4) is 0 Å². The predicted octanol–water partition coefficient (Wildman–Crippen LogP) is 3.60. The molecule has 0 unspecified atom stereocenters. The number of hydrogen-bond acceptors (Lipinski definition) is 4. The van der Waals surface area contributed by atoms with Gasteiger partial charge in [-0.15, -0.1) is 11.3 Å². The van der Waals surface area contributed by atoms with Crippen molar-refractivity contribution < 1.29 is 9.47 Å². The van der Waals surface area contributed by atoms with Gasteiger partial charge in [-0.2, -0.15) is 0 Å². The summed E-state index contributed by atoms with van der Waals surface area (Å²) >= 11 is 5.12. The van der Waals surface area contributed by atoms with Gasteiger partial charge in [0.15, 0.2) is 0 Å². The first kappa shape index (κ1) is 14.4. The summed E-state index contributed by atoms with van der Waals surface area (Å²) in [5.74, 6) is 1.70. The Morgan fingerprint density at radius 3 is 2.74 bits per heavy atom. The number of benzene rings is 1. The third-order valence-corrected chi connectivity index (χ3v) is 4.28. The van der Waals surface area contributed by atoms with Gasteiger partial charge in [0, 0.05) is 4.88 Å². The summed E-state index contributed by atoms with van der Waals surface area (Å²) in [5, 5.41) is 0.